The molecule has 2 rings (SSSR count). The number of amides is 2. The molecule has 1 aromatic rings. The maximum Gasteiger partial charge on any atom is 0.521 e. The van der Waals surface area contributed by atoms with Crippen molar-refractivity contribution in [3.63, 3.8) is 0 Å². The summed E-state index contributed by atoms with van der Waals surface area (Å²) in [6.07, 6.45) is 0.229. The van der Waals surface area contributed by atoms with Crippen LogP contribution in [0.3, 0.4) is 0 Å². The van der Waals surface area contributed by atoms with Crippen molar-refractivity contribution in [2.24, 2.45) is 11.8 Å². The Morgan fingerprint density at radius 3 is 2.52 bits per heavy atom. The number of benzene rings is 1. The number of hydrogen-bond donors (Lipinski definition) is 2. The standard InChI is InChI=1S/C17H22FNO3S/c1-11(10-23)16(20)19(17(21)22)9-14(7-12(19)2)8-13-3-5-15(18)6-4-13/h3-6,11-12,14H,7-10H2,1-2H3,(H-,21,22,23)/p+1/t11?,12?,14-,19+/m1/s1. The van der Waals surface area contributed by atoms with Crippen molar-refractivity contribution in [3.8, 4) is 0 Å². The lowest BCUT2D eigenvalue weighted by atomic mass is 9.97. The summed E-state index contributed by atoms with van der Waals surface area (Å²) in [5.74, 6) is -0.547. The van der Waals surface area contributed by atoms with Gasteiger partial charge in [-0.05, 0) is 38.0 Å². The molecule has 2 unspecified atom stereocenters. The van der Waals surface area contributed by atoms with Crippen LogP contribution in [-0.2, 0) is 11.2 Å². The first-order valence-electron chi connectivity index (χ1n) is 7.82. The summed E-state index contributed by atoms with van der Waals surface area (Å²) < 4.78 is 12.5. The van der Waals surface area contributed by atoms with Gasteiger partial charge in [-0.2, -0.15) is 21.9 Å². The van der Waals surface area contributed by atoms with E-state index in [4.69, 9.17) is 0 Å². The molecule has 1 N–H and O–H groups in total. The van der Waals surface area contributed by atoms with Crippen LogP contribution in [0.2, 0.25) is 0 Å². The summed E-state index contributed by atoms with van der Waals surface area (Å²) >= 11 is 4.14. The molecule has 1 saturated heterocycles. The molecule has 0 aliphatic carbocycles. The van der Waals surface area contributed by atoms with Crippen LogP contribution in [0.4, 0.5) is 9.18 Å². The summed E-state index contributed by atoms with van der Waals surface area (Å²) in [6.45, 7) is 3.82. The molecule has 6 heteroatoms. The molecule has 1 heterocycles. The summed E-state index contributed by atoms with van der Waals surface area (Å²) in [4.78, 5) is 24.6. The van der Waals surface area contributed by atoms with Crippen LogP contribution >= 0.6 is 12.6 Å². The Morgan fingerprint density at radius 1 is 1.39 bits per heavy atom. The number of thiol groups is 1. The van der Waals surface area contributed by atoms with Gasteiger partial charge in [-0.3, -0.25) is 0 Å². The summed E-state index contributed by atoms with van der Waals surface area (Å²) in [5, 5.41) is 9.75. The number of carbonyl (C=O) groups excluding carboxylic acids is 1. The summed E-state index contributed by atoms with van der Waals surface area (Å²) in [5.41, 5.74) is 0.962. The zero-order chi connectivity index (χ0) is 17.2. The average Bonchev–Trinajstić information content (AvgIpc) is 2.85. The molecule has 1 aliphatic heterocycles. The van der Waals surface area contributed by atoms with Crippen molar-refractivity contribution >= 4 is 24.6 Å². The molecule has 1 fully saturated rings. The van der Waals surface area contributed by atoms with Gasteiger partial charge in [0.2, 0.25) is 0 Å². The molecule has 126 valence electrons. The van der Waals surface area contributed by atoms with Crippen LogP contribution < -0.4 is 0 Å². The van der Waals surface area contributed by atoms with Crippen molar-refractivity contribution in [2.45, 2.75) is 32.7 Å². The minimum Gasteiger partial charge on any atom is -0.435 e. The fraction of sp³-hybridized carbons (Fsp3) is 0.529. The lowest BCUT2D eigenvalue weighted by Gasteiger charge is -2.31. The minimum atomic E-state index is -1.09. The molecule has 0 spiro atoms. The Labute approximate surface area is 141 Å². The Bertz CT molecular complexity index is 592. The zero-order valence-electron chi connectivity index (χ0n) is 13.4. The quantitative estimate of drug-likeness (QED) is 0.653. The van der Waals surface area contributed by atoms with Gasteiger partial charge in [-0.1, -0.05) is 12.1 Å². The van der Waals surface area contributed by atoms with Gasteiger partial charge in [0.25, 0.3) is 0 Å². The van der Waals surface area contributed by atoms with E-state index in [1.165, 1.54) is 12.1 Å². The molecule has 1 aliphatic rings. The van der Waals surface area contributed by atoms with E-state index in [0.29, 0.717) is 18.6 Å². The maximum atomic E-state index is 13.0. The van der Waals surface area contributed by atoms with Crippen molar-refractivity contribution < 1.29 is 23.6 Å². The highest BCUT2D eigenvalue weighted by molar-refractivity contribution is 7.80. The summed E-state index contributed by atoms with van der Waals surface area (Å²) in [7, 11) is 0. The average molecular weight is 340 g/mol. The Balaban J connectivity index is 2.21. The molecular formula is C17H23FNO3S+. The van der Waals surface area contributed by atoms with Crippen molar-refractivity contribution in [3.05, 3.63) is 35.6 Å². The van der Waals surface area contributed by atoms with E-state index < -0.39 is 16.5 Å². The van der Waals surface area contributed by atoms with Crippen LogP contribution in [-0.4, -0.2) is 39.9 Å². The van der Waals surface area contributed by atoms with Crippen LogP contribution in [0.5, 0.6) is 0 Å². The number of rotatable bonds is 4. The topological polar surface area (TPSA) is 54.4 Å². The third-order valence-corrected chi connectivity index (χ3v) is 5.39. The van der Waals surface area contributed by atoms with E-state index in [-0.39, 0.29) is 30.2 Å². The molecule has 23 heavy (non-hydrogen) atoms. The number of nitrogens with zero attached hydrogens (tertiary/aromatic N) is 1. The fourth-order valence-corrected chi connectivity index (χ4v) is 3.72. The first-order valence-corrected chi connectivity index (χ1v) is 8.45. The van der Waals surface area contributed by atoms with Gasteiger partial charge in [0, 0.05) is 18.1 Å². The van der Waals surface area contributed by atoms with Crippen LogP contribution in [0.25, 0.3) is 0 Å². The van der Waals surface area contributed by atoms with Gasteiger partial charge in [-0.15, -0.1) is 0 Å². The molecular weight excluding hydrogens is 317 g/mol. The number of imide groups is 1. The van der Waals surface area contributed by atoms with Gasteiger partial charge >= 0.3 is 12.0 Å². The molecule has 4 nitrogen and oxygen atoms in total. The SMILES string of the molecule is CC(CS)C(=O)[N@+]1(C(=O)O)C[C@@H](Cc2ccc(F)cc2)CC1C. The number of carbonyl (C=O) groups is 2. The monoisotopic (exact) mass is 340 g/mol. The van der Waals surface area contributed by atoms with Gasteiger partial charge in [0.15, 0.2) is 0 Å². The minimum absolute atomic E-state index is 0.0858. The molecule has 1 aromatic carbocycles. The number of halogens is 1. The van der Waals surface area contributed by atoms with Crippen LogP contribution in [0, 0.1) is 17.7 Å². The normalized spacial score (nSPS) is 28.5. The van der Waals surface area contributed by atoms with Crippen molar-refractivity contribution in [1.82, 2.24) is 0 Å². The van der Waals surface area contributed by atoms with Crippen LogP contribution in [0.1, 0.15) is 25.8 Å². The highest BCUT2D eigenvalue weighted by atomic mass is 32.1. The lowest BCUT2D eigenvalue weighted by molar-refractivity contribution is -0.795. The number of hydrogen-bond acceptors (Lipinski definition) is 3. The highest BCUT2D eigenvalue weighted by Crippen LogP contribution is 2.35. The van der Waals surface area contributed by atoms with Crippen molar-refractivity contribution in [1.29, 1.82) is 0 Å². The molecule has 0 saturated carbocycles. The van der Waals surface area contributed by atoms with E-state index >= 15 is 0 Å². The van der Waals surface area contributed by atoms with E-state index in [1.807, 2.05) is 6.92 Å². The fourth-order valence-electron chi connectivity index (χ4n) is 3.57. The van der Waals surface area contributed by atoms with E-state index in [2.05, 4.69) is 12.6 Å². The Morgan fingerprint density at radius 2 is 2.00 bits per heavy atom. The number of carboxylic acid groups (broad SMARTS) is 1. The van der Waals surface area contributed by atoms with Gasteiger partial charge < -0.3 is 5.11 Å². The number of likely N-dealkylation sites (tertiary alicyclic amines) is 1. The predicted molar refractivity (Wildman–Crippen MR) is 88.8 cm³/mol. The predicted octanol–water partition coefficient (Wildman–Crippen LogP) is 3.36. The second kappa shape index (κ2) is 7.01. The Kier molecular flexibility index (Phi) is 5.47. The smallest absolute Gasteiger partial charge is 0.435 e. The van der Waals surface area contributed by atoms with Gasteiger partial charge in [0.1, 0.15) is 11.9 Å². The zero-order valence-corrected chi connectivity index (χ0v) is 14.3. The number of quaternary nitrogens is 1. The van der Waals surface area contributed by atoms with Crippen molar-refractivity contribution in [2.75, 3.05) is 12.3 Å². The second-order valence-corrected chi connectivity index (χ2v) is 6.90. The lowest BCUT2D eigenvalue weighted by Crippen LogP contribution is -2.60. The largest absolute Gasteiger partial charge is 0.521 e. The van der Waals surface area contributed by atoms with Crippen LogP contribution in [0.15, 0.2) is 24.3 Å². The van der Waals surface area contributed by atoms with E-state index in [9.17, 15) is 19.1 Å². The summed E-state index contributed by atoms with van der Waals surface area (Å²) in [6, 6.07) is 5.97. The third-order valence-electron chi connectivity index (χ3n) is 4.84. The first kappa shape index (κ1) is 17.9. The van der Waals surface area contributed by atoms with Gasteiger partial charge in [0.05, 0.1) is 12.5 Å². The molecule has 2 amide bonds. The highest BCUT2D eigenvalue weighted by Gasteiger charge is 2.57. The molecule has 0 bridgehead atoms. The van der Waals surface area contributed by atoms with Gasteiger partial charge in [-0.25, -0.2) is 9.18 Å². The molecule has 4 atom stereocenters. The third kappa shape index (κ3) is 3.43. The Hall–Kier alpha value is -1.40. The molecule has 0 aromatic heterocycles. The second-order valence-electron chi connectivity index (χ2n) is 6.54. The maximum absolute atomic E-state index is 13.0. The molecule has 0 radical (unpaired) electrons. The van der Waals surface area contributed by atoms with E-state index in [1.54, 1.807) is 19.1 Å². The first-order chi connectivity index (χ1) is 10.8. The van der Waals surface area contributed by atoms with E-state index in [0.717, 1.165) is 5.56 Å².